The van der Waals surface area contributed by atoms with Crippen LogP contribution >= 0.6 is 17.0 Å². The van der Waals surface area contributed by atoms with Gasteiger partial charge in [0.2, 0.25) is 5.62 Å². The number of rotatable bonds is 9. The van der Waals surface area contributed by atoms with Gasteiger partial charge in [-0.15, -0.1) is 0 Å². The number of hydrogen-bond acceptors (Lipinski definition) is 4. The van der Waals surface area contributed by atoms with Gasteiger partial charge in [-0.25, -0.2) is 0 Å². The molecule has 0 aliphatic heterocycles. The van der Waals surface area contributed by atoms with Crippen molar-refractivity contribution in [3.8, 4) is 0 Å². The molecule has 1 saturated carbocycles. The van der Waals surface area contributed by atoms with Crippen molar-refractivity contribution in [3.63, 3.8) is 0 Å². The second-order valence-corrected chi connectivity index (χ2v) is 11.9. The smallest absolute Gasteiger partial charge is 0.211 e. The van der Waals surface area contributed by atoms with Crippen LogP contribution in [0.2, 0.25) is 0 Å². The van der Waals surface area contributed by atoms with Crippen molar-refractivity contribution in [2.75, 3.05) is 5.75 Å². The molecule has 0 radical (unpaired) electrons. The fraction of sp³-hybridized carbons (Fsp3) is 0.923. The molecule has 0 aromatic heterocycles. The van der Waals surface area contributed by atoms with E-state index in [4.69, 9.17) is 16.3 Å². The summed E-state index contributed by atoms with van der Waals surface area (Å²) in [6.45, 7) is 6.27. The van der Waals surface area contributed by atoms with Gasteiger partial charge in [0.1, 0.15) is 0 Å². The molecule has 0 aromatic carbocycles. The van der Waals surface area contributed by atoms with Gasteiger partial charge in [0.05, 0.1) is 18.5 Å². The molecule has 0 spiro atoms. The minimum absolute atomic E-state index is 0.160. The van der Waals surface area contributed by atoms with Crippen LogP contribution in [-0.4, -0.2) is 24.2 Å². The third-order valence-electron chi connectivity index (χ3n) is 2.93. The van der Waals surface area contributed by atoms with Crippen molar-refractivity contribution >= 4 is 35.1 Å². The van der Waals surface area contributed by atoms with Gasteiger partial charge >= 0.3 is 0 Å². The van der Waals surface area contributed by atoms with E-state index in [1.54, 1.807) is 11.4 Å². The zero-order chi connectivity index (χ0) is 14.1. The van der Waals surface area contributed by atoms with E-state index in [-0.39, 0.29) is 6.10 Å². The lowest BCUT2D eigenvalue weighted by Crippen LogP contribution is -2.13. The lowest BCUT2D eigenvalue weighted by atomic mass is 10.3. The van der Waals surface area contributed by atoms with E-state index >= 15 is 0 Å². The molecule has 0 amide bonds. The molecule has 6 heteroatoms. The van der Waals surface area contributed by atoms with Crippen LogP contribution in [0.1, 0.15) is 59.3 Å². The van der Waals surface area contributed by atoms with Crippen LogP contribution in [0.5, 0.6) is 0 Å². The molecule has 0 bridgehead atoms. The Labute approximate surface area is 127 Å². The first-order valence-electron chi connectivity index (χ1n) is 7.28. The van der Waals surface area contributed by atoms with Crippen molar-refractivity contribution in [1.29, 1.82) is 0 Å². The van der Waals surface area contributed by atoms with E-state index in [2.05, 4.69) is 17.0 Å². The molecule has 0 saturated heterocycles. The second kappa shape index (κ2) is 9.38. The lowest BCUT2D eigenvalue weighted by Gasteiger charge is -2.23. The molecule has 0 heterocycles. The monoisotopic (exact) mass is 322 g/mol. The van der Waals surface area contributed by atoms with Crippen molar-refractivity contribution < 1.29 is 4.52 Å². The van der Waals surface area contributed by atoms with Gasteiger partial charge in [0.25, 0.3) is 0 Å². The quantitative estimate of drug-likeness (QED) is 0.288. The zero-order valence-electron chi connectivity index (χ0n) is 12.3. The summed E-state index contributed by atoms with van der Waals surface area (Å²) in [7, 11) is 0. The van der Waals surface area contributed by atoms with Gasteiger partial charge < -0.3 is 9.61 Å². The summed E-state index contributed by atoms with van der Waals surface area (Å²) in [4.78, 5) is 4.58. The minimum atomic E-state index is -2.01. The van der Waals surface area contributed by atoms with Crippen LogP contribution < -0.4 is 5.09 Å². The Kier molecular flexibility index (Phi) is 8.63. The summed E-state index contributed by atoms with van der Waals surface area (Å²) in [5.41, 5.74) is -2.01. The number of hydrogen-bond donors (Lipinski definition) is 1. The Morgan fingerprint density at radius 2 is 2.16 bits per heavy atom. The average molecular weight is 322 g/mol. The molecule has 1 aliphatic rings. The number of nitrogens with one attached hydrogen (secondary N) is 1. The van der Waals surface area contributed by atoms with Gasteiger partial charge in [-0.2, -0.15) is 0 Å². The van der Waals surface area contributed by atoms with E-state index in [0.29, 0.717) is 6.04 Å². The standard InChI is InChI=1S/C13H27N2OPS2/c1-4-5-10-19-17(18,16-12(2)3)15-11-14-13-8-6-7-9-13/h11-13H,4-10H2,1-3H3,(H,14,15,18). The SMILES string of the molecule is CCCCSP(=S)(NC=NC1CCCC1)OC(C)C. The highest BCUT2D eigenvalue weighted by Crippen LogP contribution is 2.56. The maximum absolute atomic E-state index is 5.94. The second-order valence-electron chi connectivity index (χ2n) is 5.18. The largest absolute Gasteiger partial charge is 0.324 e. The van der Waals surface area contributed by atoms with Crippen molar-refractivity contribution in [1.82, 2.24) is 5.09 Å². The molecule has 1 aliphatic carbocycles. The topological polar surface area (TPSA) is 33.6 Å². The zero-order valence-corrected chi connectivity index (χ0v) is 14.8. The van der Waals surface area contributed by atoms with Gasteiger partial charge in [0.15, 0.2) is 0 Å². The summed E-state index contributed by atoms with van der Waals surface area (Å²) in [5.74, 6) is 1.06. The van der Waals surface area contributed by atoms with E-state index in [9.17, 15) is 0 Å². The number of nitrogens with zero attached hydrogens (tertiary/aromatic N) is 1. The summed E-state index contributed by atoms with van der Waals surface area (Å²) >= 11 is 7.44. The molecule has 1 rings (SSSR count). The van der Waals surface area contributed by atoms with Crippen LogP contribution in [0.15, 0.2) is 4.99 Å². The molecule has 1 N–H and O–H groups in total. The fourth-order valence-corrected chi connectivity index (χ4v) is 7.09. The average Bonchev–Trinajstić information content (AvgIpc) is 2.81. The van der Waals surface area contributed by atoms with Crippen LogP contribution in [0, 0.1) is 0 Å². The molecule has 3 nitrogen and oxygen atoms in total. The van der Waals surface area contributed by atoms with Gasteiger partial charge in [0, 0.05) is 5.75 Å². The van der Waals surface area contributed by atoms with E-state index in [0.717, 1.165) is 5.75 Å². The van der Waals surface area contributed by atoms with Crippen LogP contribution in [-0.2, 0) is 16.3 Å². The Balaban J connectivity index is 2.44. The Bertz CT molecular complexity index is 318. The molecule has 0 aromatic rings. The molecule has 19 heavy (non-hydrogen) atoms. The highest BCUT2D eigenvalue weighted by Gasteiger charge is 2.19. The first-order chi connectivity index (χ1) is 9.06. The summed E-state index contributed by atoms with van der Waals surface area (Å²) in [5, 5.41) is 3.29. The Morgan fingerprint density at radius 3 is 2.74 bits per heavy atom. The Hall–Kier alpha value is 0.430. The van der Waals surface area contributed by atoms with E-state index < -0.39 is 5.62 Å². The highest BCUT2D eigenvalue weighted by molar-refractivity contribution is 8.68. The molecular formula is C13H27N2OPS2. The summed E-state index contributed by atoms with van der Waals surface area (Å²) < 4.78 is 5.94. The third-order valence-corrected chi connectivity index (χ3v) is 8.54. The molecule has 1 unspecified atom stereocenters. The number of aliphatic imine (C=N–C) groups is 1. The lowest BCUT2D eigenvalue weighted by molar-refractivity contribution is 0.274. The van der Waals surface area contributed by atoms with Gasteiger partial charge in [-0.1, -0.05) is 37.6 Å². The summed E-state index contributed by atoms with van der Waals surface area (Å²) in [6.07, 6.45) is 9.41. The fourth-order valence-electron chi connectivity index (χ4n) is 1.97. The van der Waals surface area contributed by atoms with Gasteiger partial charge in [-0.05, 0) is 44.9 Å². The Morgan fingerprint density at radius 1 is 1.47 bits per heavy atom. The first kappa shape index (κ1) is 17.5. The first-order valence-corrected chi connectivity index (χ1v) is 11.6. The maximum Gasteiger partial charge on any atom is 0.211 e. The predicted molar refractivity (Wildman–Crippen MR) is 91.8 cm³/mol. The highest BCUT2D eigenvalue weighted by atomic mass is 32.9. The van der Waals surface area contributed by atoms with Crippen LogP contribution in [0.25, 0.3) is 0 Å². The van der Waals surface area contributed by atoms with Crippen molar-refractivity contribution in [2.45, 2.75) is 71.4 Å². The van der Waals surface area contributed by atoms with Crippen molar-refractivity contribution in [2.24, 2.45) is 4.99 Å². The normalized spacial score (nSPS) is 20.2. The number of unbranched alkanes of at least 4 members (excludes halogenated alkanes) is 1. The molecular weight excluding hydrogens is 295 g/mol. The molecule has 1 fully saturated rings. The predicted octanol–water partition coefficient (Wildman–Crippen LogP) is 4.73. The maximum atomic E-state index is 5.94. The van der Waals surface area contributed by atoms with Crippen molar-refractivity contribution in [3.05, 3.63) is 0 Å². The minimum Gasteiger partial charge on any atom is -0.324 e. The van der Waals surface area contributed by atoms with Crippen LogP contribution in [0.3, 0.4) is 0 Å². The van der Waals surface area contributed by atoms with E-state index in [1.165, 1.54) is 38.5 Å². The molecule has 112 valence electrons. The van der Waals surface area contributed by atoms with E-state index in [1.807, 2.05) is 20.2 Å². The molecule has 1 atom stereocenters. The third kappa shape index (κ3) is 7.69. The summed E-state index contributed by atoms with van der Waals surface area (Å²) in [6, 6.07) is 0.496. The van der Waals surface area contributed by atoms with Gasteiger partial charge in [-0.3, -0.25) is 4.99 Å². The van der Waals surface area contributed by atoms with Crippen LogP contribution in [0.4, 0.5) is 0 Å².